The van der Waals surface area contributed by atoms with Crippen LogP contribution >= 0.6 is 0 Å². The Balaban J connectivity index is 2.36. The predicted octanol–water partition coefficient (Wildman–Crippen LogP) is 2.38. The smallest absolute Gasteiger partial charge is 0.243 e. The number of sulfonamides is 1. The van der Waals surface area contributed by atoms with E-state index >= 15 is 0 Å². The second kappa shape index (κ2) is 5.68. The molecule has 0 unspecified atom stereocenters. The van der Waals surface area contributed by atoms with Crippen molar-refractivity contribution in [2.75, 3.05) is 12.3 Å². The lowest BCUT2D eigenvalue weighted by Crippen LogP contribution is -2.30. The second-order valence-electron chi connectivity index (χ2n) is 4.59. The fourth-order valence-electron chi connectivity index (χ4n) is 2.02. The molecule has 0 saturated heterocycles. The molecule has 20 heavy (non-hydrogen) atoms. The Labute approximate surface area is 119 Å². The van der Waals surface area contributed by atoms with Crippen molar-refractivity contribution in [1.29, 1.82) is 0 Å². The molecule has 0 saturated carbocycles. The predicted molar refractivity (Wildman–Crippen MR) is 77.6 cm³/mol. The molecule has 1 aromatic carbocycles. The lowest BCUT2D eigenvalue weighted by Gasteiger charge is -2.20. The van der Waals surface area contributed by atoms with Crippen LogP contribution in [0, 0.1) is 6.92 Å². The van der Waals surface area contributed by atoms with Gasteiger partial charge < -0.3 is 10.2 Å². The molecule has 0 aliphatic rings. The summed E-state index contributed by atoms with van der Waals surface area (Å²) < 4.78 is 31.8. The van der Waals surface area contributed by atoms with Crippen molar-refractivity contribution in [3.05, 3.63) is 47.9 Å². The summed E-state index contributed by atoms with van der Waals surface area (Å²) in [6, 6.07) is 8.33. The van der Waals surface area contributed by atoms with Gasteiger partial charge in [-0.2, -0.15) is 4.31 Å². The molecule has 0 radical (unpaired) electrons. The number of benzene rings is 1. The average Bonchev–Trinajstić information content (AvgIpc) is 2.87. The summed E-state index contributed by atoms with van der Waals surface area (Å²) in [4.78, 5) is 0.211. The highest BCUT2D eigenvalue weighted by atomic mass is 32.2. The molecular weight excluding hydrogens is 276 g/mol. The third-order valence-corrected chi connectivity index (χ3v) is 4.87. The van der Waals surface area contributed by atoms with E-state index in [2.05, 4.69) is 0 Å². The molecule has 2 N–H and O–H groups in total. The second-order valence-corrected chi connectivity index (χ2v) is 6.53. The third kappa shape index (κ3) is 3.02. The van der Waals surface area contributed by atoms with Crippen LogP contribution in [0.3, 0.4) is 0 Å². The normalized spacial score (nSPS) is 11.9. The van der Waals surface area contributed by atoms with Gasteiger partial charge in [-0.1, -0.05) is 6.92 Å². The van der Waals surface area contributed by atoms with E-state index in [4.69, 9.17) is 10.2 Å². The van der Waals surface area contributed by atoms with E-state index in [0.717, 1.165) is 5.56 Å². The number of hydrogen-bond donors (Lipinski definition) is 1. The third-order valence-electron chi connectivity index (χ3n) is 2.98. The Hall–Kier alpha value is -1.79. The highest BCUT2D eigenvalue weighted by Gasteiger charge is 2.24. The monoisotopic (exact) mass is 294 g/mol. The fraction of sp³-hybridized carbons (Fsp3) is 0.286. The Morgan fingerprint density at radius 2 is 2.05 bits per heavy atom. The number of aryl methyl sites for hydroxylation is 1. The molecule has 2 aromatic rings. The zero-order valence-corrected chi connectivity index (χ0v) is 12.4. The summed E-state index contributed by atoms with van der Waals surface area (Å²) in [5.41, 5.74) is 6.99. The first-order valence-electron chi connectivity index (χ1n) is 6.33. The maximum absolute atomic E-state index is 12.6. The number of nitrogen functional groups attached to an aromatic ring is 1. The van der Waals surface area contributed by atoms with Gasteiger partial charge in [0.1, 0.15) is 5.76 Å². The molecule has 0 fully saturated rings. The first-order valence-corrected chi connectivity index (χ1v) is 7.77. The summed E-state index contributed by atoms with van der Waals surface area (Å²) in [7, 11) is -3.58. The number of hydrogen-bond acceptors (Lipinski definition) is 4. The topological polar surface area (TPSA) is 76.5 Å². The van der Waals surface area contributed by atoms with Crippen LogP contribution in [0.1, 0.15) is 18.2 Å². The van der Waals surface area contributed by atoms with Crippen LogP contribution in [0.15, 0.2) is 45.9 Å². The Kier molecular flexibility index (Phi) is 4.15. The van der Waals surface area contributed by atoms with Crippen molar-refractivity contribution in [2.24, 2.45) is 0 Å². The first-order chi connectivity index (χ1) is 9.43. The molecule has 0 spiro atoms. The number of nitrogens with two attached hydrogens (primary N) is 1. The molecule has 0 atom stereocenters. The fourth-order valence-corrected chi connectivity index (χ4v) is 3.57. The molecule has 1 aromatic heterocycles. The maximum atomic E-state index is 12.6. The van der Waals surface area contributed by atoms with E-state index in [9.17, 15) is 8.42 Å². The Morgan fingerprint density at radius 3 is 2.60 bits per heavy atom. The van der Waals surface area contributed by atoms with Gasteiger partial charge in [-0.25, -0.2) is 8.42 Å². The lowest BCUT2D eigenvalue weighted by atomic mass is 10.2. The van der Waals surface area contributed by atoms with Crippen LogP contribution < -0.4 is 5.73 Å². The maximum Gasteiger partial charge on any atom is 0.243 e. The highest BCUT2D eigenvalue weighted by Crippen LogP contribution is 2.22. The van der Waals surface area contributed by atoms with Gasteiger partial charge in [0.2, 0.25) is 10.0 Å². The van der Waals surface area contributed by atoms with E-state index in [1.807, 2.05) is 6.92 Å². The van der Waals surface area contributed by atoms with E-state index in [-0.39, 0.29) is 11.4 Å². The van der Waals surface area contributed by atoms with E-state index in [1.54, 1.807) is 31.2 Å². The van der Waals surface area contributed by atoms with E-state index in [0.29, 0.717) is 18.0 Å². The van der Waals surface area contributed by atoms with Gasteiger partial charge in [-0.15, -0.1) is 0 Å². The minimum Gasteiger partial charge on any atom is -0.468 e. The molecule has 2 rings (SSSR count). The minimum atomic E-state index is -3.58. The van der Waals surface area contributed by atoms with Crippen LogP contribution in [0.2, 0.25) is 0 Å². The van der Waals surface area contributed by atoms with Crippen LogP contribution in [-0.2, 0) is 16.6 Å². The van der Waals surface area contributed by atoms with Crippen molar-refractivity contribution in [1.82, 2.24) is 4.31 Å². The quantitative estimate of drug-likeness (QED) is 0.859. The minimum absolute atomic E-state index is 0.208. The van der Waals surface area contributed by atoms with Crippen molar-refractivity contribution >= 4 is 15.7 Å². The van der Waals surface area contributed by atoms with E-state index < -0.39 is 10.0 Å². The van der Waals surface area contributed by atoms with Gasteiger partial charge in [0.25, 0.3) is 0 Å². The number of anilines is 1. The van der Waals surface area contributed by atoms with Gasteiger partial charge in [0.15, 0.2) is 0 Å². The molecule has 0 aliphatic heterocycles. The zero-order valence-electron chi connectivity index (χ0n) is 11.5. The molecule has 0 bridgehead atoms. The molecule has 0 amide bonds. The van der Waals surface area contributed by atoms with Crippen molar-refractivity contribution in [3.8, 4) is 0 Å². The van der Waals surface area contributed by atoms with Gasteiger partial charge in [-0.05, 0) is 42.8 Å². The Morgan fingerprint density at radius 1 is 1.30 bits per heavy atom. The number of furan rings is 1. The Bertz CT molecular complexity index is 658. The molecule has 5 nitrogen and oxygen atoms in total. The van der Waals surface area contributed by atoms with Crippen molar-refractivity contribution < 1.29 is 12.8 Å². The van der Waals surface area contributed by atoms with Gasteiger partial charge >= 0.3 is 0 Å². The summed E-state index contributed by atoms with van der Waals surface area (Å²) in [6.07, 6.45) is 1.53. The van der Waals surface area contributed by atoms with Crippen LogP contribution in [0.4, 0.5) is 5.69 Å². The lowest BCUT2D eigenvalue weighted by molar-refractivity contribution is 0.375. The van der Waals surface area contributed by atoms with Crippen LogP contribution in [0.5, 0.6) is 0 Å². The first kappa shape index (κ1) is 14.6. The van der Waals surface area contributed by atoms with Crippen molar-refractivity contribution in [2.45, 2.75) is 25.3 Å². The van der Waals surface area contributed by atoms with Gasteiger partial charge in [0.05, 0.1) is 17.7 Å². The van der Waals surface area contributed by atoms with Crippen LogP contribution in [-0.4, -0.2) is 19.3 Å². The highest BCUT2D eigenvalue weighted by molar-refractivity contribution is 7.89. The summed E-state index contributed by atoms with van der Waals surface area (Å²) in [5, 5.41) is 0. The average molecular weight is 294 g/mol. The SMILES string of the molecule is CCN(Cc1ccco1)S(=O)(=O)c1cc(C)cc(N)c1. The molecule has 108 valence electrons. The van der Waals surface area contributed by atoms with Gasteiger partial charge in [-0.3, -0.25) is 0 Å². The molecular formula is C14H18N2O3S. The van der Waals surface area contributed by atoms with Crippen LogP contribution in [0.25, 0.3) is 0 Å². The molecule has 1 heterocycles. The largest absolute Gasteiger partial charge is 0.468 e. The van der Waals surface area contributed by atoms with Crippen molar-refractivity contribution in [3.63, 3.8) is 0 Å². The summed E-state index contributed by atoms with van der Waals surface area (Å²) >= 11 is 0. The zero-order chi connectivity index (χ0) is 14.8. The summed E-state index contributed by atoms with van der Waals surface area (Å²) in [5.74, 6) is 0.607. The van der Waals surface area contributed by atoms with E-state index in [1.165, 1.54) is 16.6 Å². The number of nitrogens with zero attached hydrogens (tertiary/aromatic N) is 1. The number of rotatable bonds is 5. The molecule has 6 heteroatoms. The molecule has 0 aliphatic carbocycles. The van der Waals surface area contributed by atoms with Gasteiger partial charge in [0, 0.05) is 12.2 Å². The summed E-state index contributed by atoms with van der Waals surface area (Å²) in [6.45, 7) is 4.17. The standard InChI is InChI=1S/C14H18N2O3S/c1-3-16(10-13-5-4-6-19-13)20(17,18)14-8-11(2)7-12(15)9-14/h4-9H,3,10,15H2,1-2H3.